The summed E-state index contributed by atoms with van der Waals surface area (Å²) < 4.78 is 17.9. The van der Waals surface area contributed by atoms with E-state index in [9.17, 15) is 4.21 Å². The van der Waals surface area contributed by atoms with Crippen molar-refractivity contribution in [2.45, 2.75) is 44.0 Å². The molecule has 1 fully saturated rings. The molecular formula is C18H23NO2S2. The molecule has 0 spiro atoms. The Hall–Kier alpha value is -1.04. The predicted molar refractivity (Wildman–Crippen MR) is 96.3 cm³/mol. The molecule has 1 aliphatic rings. The van der Waals surface area contributed by atoms with Crippen LogP contribution in [0.3, 0.4) is 0 Å². The van der Waals surface area contributed by atoms with Gasteiger partial charge in [-0.05, 0) is 31.2 Å². The molecule has 1 aromatic carbocycles. The summed E-state index contributed by atoms with van der Waals surface area (Å²) in [6.45, 7) is 0.822. The van der Waals surface area contributed by atoms with Crippen LogP contribution in [0.5, 0.6) is 0 Å². The van der Waals surface area contributed by atoms with Crippen molar-refractivity contribution in [3.63, 3.8) is 0 Å². The first-order chi connectivity index (χ1) is 11.3. The molecular weight excluding hydrogens is 326 g/mol. The molecule has 23 heavy (non-hydrogen) atoms. The molecule has 124 valence electrons. The third kappa shape index (κ3) is 5.52. The maximum Gasteiger partial charge on any atom is 0.0931 e. The lowest BCUT2D eigenvalue weighted by molar-refractivity contribution is 0.0310. The molecule has 1 aliphatic heterocycles. The van der Waals surface area contributed by atoms with Gasteiger partial charge in [-0.15, -0.1) is 11.3 Å². The van der Waals surface area contributed by atoms with Crippen LogP contribution in [0, 0.1) is 0 Å². The van der Waals surface area contributed by atoms with E-state index >= 15 is 0 Å². The van der Waals surface area contributed by atoms with E-state index in [1.54, 1.807) is 11.3 Å². The highest BCUT2D eigenvalue weighted by Gasteiger charge is 2.17. The second kappa shape index (κ2) is 8.71. The number of nitrogens with zero attached hydrogens (tertiary/aromatic N) is 1. The standard InChI is InChI=1S/C18H23NO2S2/c20-23(14-17-8-4-5-11-21-17)13-16-12-22-18(19-16)10-9-15-6-2-1-3-7-15/h1-3,6-7,12,17H,4-5,8-11,13-14H2. The van der Waals surface area contributed by atoms with Crippen molar-refractivity contribution >= 4 is 22.1 Å². The Bertz CT molecular complexity index is 621. The number of rotatable bonds is 7. The highest BCUT2D eigenvalue weighted by atomic mass is 32.2. The number of aromatic nitrogens is 1. The first-order valence-electron chi connectivity index (χ1n) is 8.23. The van der Waals surface area contributed by atoms with E-state index in [0.717, 1.165) is 43.0 Å². The number of hydrogen-bond acceptors (Lipinski definition) is 4. The zero-order chi connectivity index (χ0) is 15.9. The van der Waals surface area contributed by atoms with Crippen molar-refractivity contribution < 1.29 is 8.95 Å². The summed E-state index contributed by atoms with van der Waals surface area (Å²) in [5, 5.41) is 3.19. The minimum Gasteiger partial charge on any atom is -0.377 e. The summed E-state index contributed by atoms with van der Waals surface area (Å²) in [6.07, 6.45) is 5.52. The molecule has 2 unspecified atom stereocenters. The van der Waals surface area contributed by atoms with Gasteiger partial charge < -0.3 is 4.74 Å². The second-order valence-corrected chi connectivity index (χ2v) is 8.40. The molecule has 0 aliphatic carbocycles. The highest BCUT2D eigenvalue weighted by molar-refractivity contribution is 7.84. The molecule has 0 amide bonds. The van der Waals surface area contributed by atoms with Gasteiger partial charge in [0.05, 0.1) is 28.3 Å². The number of thiazole rings is 1. The first-order valence-corrected chi connectivity index (χ1v) is 10.6. The lowest BCUT2D eigenvalue weighted by Gasteiger charge is -2.21. The van der Waals surface area contributed by atoms with Crippen LogP contribution >= 0.6 is 11.3 Å². The van der Waals surface area contributed by atoms with E-state index in [4.69, 9.17) is 4.74 Å². The number of aryl methyl sites for hydroxylation is 2. The van der Waals surface area contributed by atoms with Crippen LogP contribution in [0.1, 0.15) is 35.5 Å². The molecule has 2 atom stereocenters. The fourth-order valence-electron chi connectivity index (χ4n) is 2.80. The van der Waals surface area contributed by atoms with Crippen molar-refractivity contribution in [1.29, 1.82) is 0 Å². The fourth-order valence-corrected chi connectivity index (χ4v) is 4.97. The summed E-state index contributed by atoms with van der Waals surface area (Å²) in [6, 6.07) is 10.5. The zero-order valence-electron chi connectivity index (χ0n) is 13.3. The molecule has 0 bridgehead atoms. The summed E-state index contributed by atoms with van der Waals surface area (Å²) in [7, 11) is -0.876. The monoisotopic (exact) mass is 349 g/mol. The molecule has 3 rings (SSSR count). The number of hydrogen-bond donors (Lipinski definition) is 0. The lowest BCUT2D eigenvalue weighted by Crippen LogP contribution is -2.25. The summed E-state index contributed by atoms with van der Waals surface area (Å²) in [5.41, 5.74) is 2.30. The van der Waals surface area contributed by atoms with Crippen molar-refractivity contribution in [2.24, 2.45) is 0 Å². The van der Waals surface area contributed by atoms with Gasteiger partial charge in [-0.3, -0.25) is 4.21 Å². The topological polar surface area (TPSA) is 39.2 Å². The SMILES string of the molecule is O=S(Cc1csc(CCc2ccccc2)n1)CC1CCCCO1. The van der Waals surface area contributed by atoms with Crippen molar-refractivity contribution in [3.8, 4) is 0 Å². The minimum absolute atomic E-state index is 0.181. The summed E-state index contributed by atoms with van der Waals surface area (Å²) in [5.74, 6) is 1.21. The van der Waals surface area contributed by atoms with Crippen molar-refractivity contribution in [1.82, 2.24) is 4.98 Å². The molecule has 0 radical (unpaired) electrons. The van der Waals surface area contributed by atoms with Crippen LogP contribution in [0.2, 0.25) is 0 Å². The van der Waals surface area contributed by atoms with Gasteiger partial charge in [0.25, 0.3) is 0 Å². The van der Waals surface area contributed by atoms with Crippen LogP contribution in [0.25, 0.3) is 0 Å². The number of ether oxygens (including phenoxy) is 1. The molecule has 0 saturated carbocycles. The van der Waals surface area contributed by atoms with Crippen LogP contribution in [0.15, 0.2) is 35.7 Å². The van der Waals surface area contributed by atoms with E-state index in [1.165, 1.54) is 12.0 Å². The van der Waals surface area contributed by atoms with Crippen LogP contribution in [0.4, 0.5) is 0 Å². The molecule has 5 heteroatoms. The Labute approximate surface area is 144 Å². The Morgan fingerprint density at radius 3 is 2.87 bits per heavy atom. The molecule has 3 nitrogen and oxygen atoms in total. The maximum atomic E-state index is 12.3. The summed E-state index contributed by atoms with van der Waals surface area (Å²) >= 11 is 1.68. The van der Waals surface area contributed by atoms with Gasteiger partial charge in [-0.25, -0.2) is 4.98 Å². The normalized spacial score (nSPS) is 19.6. The fraction of sp³-hybridized carbons (Fsp3) is 0.500. The van der Waals surface area contributed by atoms with Crippen molar-refractivity contribution in [2.75, 3.05) is 12.4 Å². The van der Waals surface area contributed by atoms with Gasteiger partial charge in [-0.2, -0.15) is 0 Å². The lowest BCUT2D eigenvalue weighted by atomic mass is 10.1. The summed E-state index contributed by atoms with van der Waals surface area (Å²) in [4.78, 5) is 4.64. The van der Waals surface area contributed by atoms with E-state index in [0.29, 0.717) is 11.5 Å². The van der Waals surface area contributed by atoms with Crippen molar-refractivity contribution in [3.05, 3.63) is 52.0 Å². The quantitative estimate of drug-likeness (QED) is 0.764. The average molecular weight is 350 g/mol. The van der Waals surface area contributed by atoms with Crippen LogP contribution < -0.4 is 0 Å². The molecule has 1 aromatic heterocycles. The minimum atomic E-state index is -0.876. The van der Waals surface area contributed by atoms with E-state index in [2.05, 4.69) is 34.6 Å². The predicted octanol–water partition coefficient (Wildman–Crippen LogP) is 3.75. The van der Waals surface area contributed by atoms with Crippen LogP contribution in [-0.4, -0.2) is 27.7 Å². The molecule has 2 heterocycles. The van der Waals surface area contributed by atoms with Gasteiger partial charge in [0, 0.05) is 29.2 Å². The molecule has 1 saturated heterocycles. The first kappa shape index (κ1) is 16.8. The number of benzene rings is 1. The highest BCUT2D eigenvalue weighted by Crippen LogP contribution is 2.17. The Balaban J connectivity index is 1.45. The van der Waals surface area contributed by atoms with Gasteiger partial charge in [0.2, 0.25) is 0 Å². The van der Waals surface area contributed by atoms with E-state index < -0.39 is 10.8 Å². The Morgan fingerprint density at radius 1 is 1.22 bits per heavy atom. The third-order valence-corrected chi connectivity index (χ3v) is 6.34. The maximum absolute atomic E-state index is 12.3. The zero-order valence-corrected chi connectivity index (χ0v) is 14.9. The van der Waals surface area contributed by atoms with E-state index in [-0.39, 0.29) is 6.10 Å². The smallest absolute Gasteiger partial charge is 0.0931 e. The van der Waals surface area contributed by atoms with Gasteiger partial charge >= 0.3 is 0 Å². The van der Waals surface area contributed by atoms with Gasteiger partial charge in [0.1, 0.15) is 0 Å². The van der Waals surface area contributed by atoms with Crippen LogP contribution in [-0.2, 0) is 34.1 Å². The molecule has 0 N–H and O–H groups in total. The Morgan fingerprint density at radius 2 is 2.09 bits per heavy atom. The Kier molecular flexibility index (Phi) is 6.37. The molecule has 2 aromatic rings. The average Bonchev–Trinajstić information content (AvgIpc) is 3.02. The van der Waals surface area contributed by atoms with Gasteiger partial charge in [0.15, 0.2) is 0 Å². The van der Waals surface area contributed by atoms with Gasteiger partial charge in [-0.1, -0.05) is 30.3 Å². The second-order valence-electron chi connectivity index (χ2n) is 5.96. The largest absolute Gasteiger partial charge is 0.377 e. The van der Waals surface area contributed by atoms with E-state index in [1.807, 2.05) is 6.07 Å². The third-order valence-electron chi connectivity index (χ3n) is 4.02.